The lowest BCUT2D eigenvalue weighted by Crippen LogP contribution is -1.92. The van der Waals surface area contributed by atoms with Gasteiger partial charge in [0.05, 0.1) is 6.67 Å². The van der Waals surface area contributed by atoms with E-state index in [2.05, 4.69) is 0 Å². The highest BCUT2D eigenvalue weighted by Gasteiger charge is 1.93. The lowest BCUT2D eigenvalue weighted by Gasteiger charge is -1.97. The summed E-state index contributed by atoms with van der Waals surface area (Å²) in [6.45, 7) is 6.57. The van der Waals surface area contributed by atoms with Crippen molar-refractivity contribution in [2.24, 2.45) is 5.92 Å². The molecule has 0 aromatic carbocycles. The second kappa shape index (κ2) is 3.85. The maximum absolute atomic E-state index is 11.5. The molecule has 0 aromatic rings. The topological polar surface area (TPSA) is 0 Å². The summed E-state index contributed by atoms with van der Waals surface area (Å²) in [4.78, 5) is 0. The van der Waals surface area contributed by atoms with Crippen molar-refractivity contribution < 1.29 is 4.39 Å². The van der Waals surface area contributed by atoms with Gasteiger partial charge in [-0.3, -0.25) is 4.39 Å². The first-order chi connectivity index (χ1) is 3.31. The van der Waals surface area contributed by atoms with Gasteiger partial charge in [-0.25, -0.2) is 0 Å². The van der Waals surface area contributed by atoms with E-state index in [0.29, 0.717) is 6.42 Å². The highest BCUT2D eigenvalue weighted by atomic mass is 19.1. The molecule has 0 nitrogen and oxygen atoms in total. The number of halogens is 1. The Morgan fingerprint density at radius 3 is 2.57 bits per heavy atom. The molecule has 0 aliphatic rings. The molecule has 0 spiro atoms. The minimum Gasteiger partial charge on any atom is -0.251 e. The molecular formula is C6H10F. The standard InChI is InChI=1S/C6H10F/c1-3-4-6(2)5-7/h1,3,6H,4-5H2,2H3. The molecule has 0 bridgehead atoms. The van der Waals surface area contributed by atoms with Crippen LogP contribution in [0.1, 0.15) is 13.3 Å². The zero-order valence-corrected chi connectivity index (χ0v) is 4.52. The van der Waals surface area contributed by atoms with Crippen LogP contribution in [0, 0.1) is 12.5 Å². The Labute approximate surface area is 44.0 Å². The molecule has 0 saturated heterocycles. The zero-order chi connectivity index (χ0) is 5.70. The quantitative estimate of drug-likeness (QED) is 0.510. The predicted octanol–water partition coefficient (Wildman–Crippen LogP) is 1.97. The molecule has 1 unspecified atom stereocenters. The summed E-state index contributed by atoms with van der Waals surface area (Å²) in [5.41, 5.74) is 0. The summed E-state index contributed by atoms with van der Waals surface area (Å²) in [5.74, 6) is 0.102. The van der Waals surface area contributed by atoms with E-state index < -0.39 is 0 Å². The van der Waals surface area contributed by atoms with E-state index in [0.717, 1.165) is 0 Å². The Morgan fingerprint density at radius 2 is 2.43 bits per heavy atom. The third-order valence-electron chi connectivity index (χ3n) is 0.802. The second-order valence-corrected chi connectivity index (χ2v) is 1.73. The van der Waals surface area contributed by atoms with Crippen molar-refractivity contribution in [2.75, 3.05) is 6.67 Å². The van der Waals surface area contributed by atoms with Crippen LogP contribution < -0.4 is 0 Å². The molecule has 7 heavy (non-hydrogen) atoms. The Kier molecular flexibility index (Phi) is 3.67. The van der Waals surface area contributed by atoms with Crippen LogP contribution in [-0.2, 0) is 0 Å². The minimum absolute atomic E-state index is 0.102. The maximum atomic E-state index is 11.5. The maximum Gasteiger partial charge on any atom is 0.0922 e. The summed E-state index contributed by atoms with van der Waals surface area (Å²) in [5, 5.41) is 0. The van der Waals surface area contributed by atoms with Crippen molar-refractivity contribution in [3.63, 3.8) is 0 Å². The van der Waals surface area contributed by atoms with Crippen molar-refractivity contribution in [1.29, 1.82) is 0 Å². The van der Waals surface area contributed by atoms with Gasteiger partial charge in [-0.15, -0.1) is 0 Å². The monoisotopic (exact) mass is 101 g/mol. The Morgan fingerprint density at radius 1 is 1.86 bits per heavy atom. The highest BCUT2D eigenvalue weighted by Crippen LogP contribution is 2.00. The van der Waals surface area contributed by atoms with Crippen molar-refractivity contribution in [2.45, 2.75) is 13.3 Å². The SMILES string of the molecule is [CH]=CCC(C)CF. The van der Waals surface area contributed by atoms with Gasteiger partial charge in [0.25, 0.3) is 0 Å². The average molecular weight is 101 g/mol. The molecule has 41 valence electrons. The fourth-order valence-corrected chi connectivity index (χ4v) is 0.295. The summed E-state index contributed by atoms with van der Waals surface area (Å²) < 4.78 is 11.5. The minimum atomic E-state index is -0.270. The van der Waals surface area contributed by atoms with Crippen LogP contribution in [0.4, 0.5) is 4.39 Å². The van der Waals surface area contributed by atoms with Crippen LogP contribution in [0.25, 0.3) is 0 Å². The fourth-order valence-electron chi connectivity index (χ4n) is 0.295. The van der Waals surface area contributed by atoms with Crippen LogP contribution in [0.3, 0.4) is 0 Å². The van der Waals surface area contributed by atoms with Gasteiger partial charge in [0.15, 0.2) is 0 Å². The van der Waals surface area contributed by atoms with E-state index in [4.69, 9.17) is 6.58 Å². The van der Waals surface area contributed by atoms with E-state index in [9.17, 15) is 4.39 Å². The molecule has 0 aromatic heterocycles. The third-order valence-corrected chi connectivity index (χ3v) is 0.802. The first-order valence-corrected chi connectivity index (χ1v) is 2.40. The first-order valence-electron chi connectivity index (χ1n) is 2.40. The Bertz CT molecular complexity index is 50.1. The van der Waals surface area contributed by atoms with Crippen molar-refractivity contribution >= 4 is 0 Å². The molecule has 0 rings (SSSR count). The van der Waals surface area contributed by atoms with Crippen LogP contribution in [0.5, 0.6) is 0 Å². The van der Waals surface area contributed by atoms with E-state index in [1.165, 1.54) is 6.08 Å². The van der Waals surface area contributed by atoms with E-state index >= 15 is 0 Å². The summed E-state index contributed by atoms with van der Waals surface area (Å²) >= 11 is 0. The third kappa shape index (κ3) is 3.50. The van der Waals surface area contributed by atoms with Crippen molar-refractivity contribution in [3.05, 3.63) is 12.7 Å². The molecule has 0 aliphatic heterocycles. The molecular weight excluding hydrogens is 91.1 g/mol. The largest absolute Gasteiger partial charge is 0.251 e. The van der Waals surface area contributed by atoms with Crippen LogP contribution in [-0.4, -0.2) is 6.67 Å². The fraction of sp³-hybridized carbons (Fsp3) is 0.667. The van der Waals surface area contributed by atoms with Crippen LogP contribution in [0.2, 0.25) is 0 Å². The molecule has 0 fully saturated rings. The zero-order valence-electron chi connectivity index (χ0n) is 4.52. The summed E-state index contributed by atoms with van der Waals surface area (Å²) in [6.07, 6.45) is 2.17. The molecule has 0 saturated carbocycles. The summed E-state index contributed by atoms with van der Waals surface area (Å²) in [7, 11) is 0. The van der Waals surface area contributed by atoms with Crippen LogP contribution >= 0.6 is 0 Å². The lowest BCUT2D eigenvalue weighted by molar-refractivity contribution is 0.385. The second-order valence-electron chi connectivity index (χ2n) is 1.73. The molecule has 0 heterocycles. The number of hydrogen-bond donors (Lipinski definition) is 0. The first kappa shape index (κ1) is 6.67. The molecule has 0 aliphatic carbocycles. The molecule has 1 atom stereocenters. The van der Waals surface area contributed by atoms with Gasteiger partial charge < -0.3 is 0 Å². The van der Waals surface area contributed by atoms with Gasteiger partial charge >= 0.3 is 0 Å². The van der Waals surface area contributed by atoms with Gasteiger partial charge in [-0.2, -0.15) is 0 Å². The van der Waals surface area contributed by atoms with Crippen molar-refractivity contribution in [3.8, 4) is 0 Å². The van der Waals surface area contributed by atoms with Gasteiger partial charge in [-0.1, -0.05) is 19.6 Å². The Hall–Kier alpha value is -0.330. The van der Waals surface area contributed by atoms with E-state index in [-0.39, 0.29) is 12.6 Å². The lowest BCUT2D eigenvalue weighted by atomic mass is 10.1. The van der Waals surface area contributed by atoms with Gasteiger partial charge in [0.2, 0.25) is 0 Å². The number of rotatable bonds is 3. The molecule has 1 heteroatoms. The normalized spacial score (nSPS) is 13.4. The number of hydrogen-bond acceptors (Lipinski definition) is 0. The summed E-state index contributed by atoms with van der Waals surface area (Å²) in [6, 6.07) is 0. The molecule has 1 radical (unpaired) electrons. The Balaban J connectivity index is 2.98. The van der Waals surface area contributed by atoms with Gasteiger partial charge in [0.1, 0.15) is 0 Å². The predicted molar refractivity (Wildman–Crippen MR) is 28.6 cm³/mol. The van der Waals surface area contributed by atoms with E-state index in [1.54, 1.807) is 0 Å². The van der Waals surface area contributed by atoms with Gasteiger partial charge in [0, 0.05) is 0 Å². The van der Waals surface area contributed by atoms with Crippen molar-refractivity contribution in [1.82, 2.24) is 0 Å². The van der Waals surface area contributed by atoms with Crippen LogP contribution in [0.15, 0.2) is 6.08 Å². The highest BCUT2D eigenvalue weighted by molar-refractivity contribution is 4.66. The number of alkyl halides is 1. The van der Waals surface area contributed by atoms with E-state index in [1.807, 2.05) is 6.92 Å². The van der Waals surface area contributed by atoms with Gasteiger partial charge in [-0.05, 0) is 12.3 Å². The smallest absolute Gasteiger partial charge is 0.0922 e. The molecule has 0 N–H and O–H groups in total. The number of allylic oxidation sites excluding steroid dienone is 1. The molecule has 0 amide bonds. The average Bonchev–Trinajstić information content (AvgIpc) is 1.68.